The van der Waals surface area contributed by atoms with Crippen LogP contribution in [-0.4, -0.2) is 67.1 Å². The molecule has 3 N–H and O–H groups in total. The molecule has 0 bridgehead atoms. The Hall–Kier alpha value is 0.220. The standard InChI is InChI=1S/C16H32N4O.3ClH/c1-3-19-10-12-20(13-11-19)9-8-18-15(21)14-6-4-5-7-16(14,2)17;;;/h14H,3-13,17H2,1-2H3,(H,18,21);3*1H. The molecule has 2 unspecified atom stereocenters. The van der Waals surface area contributed by atoms with Crippen molar-refractivity contribution < 1.29 is 4.79 Å². The summed E-state index contributed by atoms with van der Waals surface area (Å²) in [5, 5.41) is 3.11. The van der Waals surface area contributed by atoms with Crippen LogP contribution in [0, 0.1) is 5.92 Å². The SMILES string of the molecule is CCN1CCN(CCNC(=O)C2CCCCC2(C)N)CC1.Cl.Cl.Cl. The van der Waals surface area contributed by atoms with Gasteiger partial charge in [0, 0.05) is 44.8 Å². The number of nitrogens with one attached hydrogen (secondary N) is 1. The zero-order valence-corrected chi connectivity index (χ0v) is 17.4. The molecule has 24 heavy (non-hydrogen) atoms. The number of hydrogen-bond donors (Lipinski definition) is 2. The van der Waals surface area contributed by atoms with E-state index in [4.69, 9.17) is 5.73 Å². The highest BCUT2D eigenvalue weighted by Gasteiger charge is 2.37. The minimum Gasteiger partial charge on any atom is -0.355 e. The third-order valence-corrected chi connectivity index (χ3v) is 5.21. The molecular formula is C16H35Cl3N4O. The number of amides is 1. The lowest BCUT2D eigenvalue weighted by Crippen LogP contribution is -2.54. The van der Waals surface area contributed by atoms with Crippen LogP contribution in [-0.2, 0) is 4.79 Å². The van der Waals surface area contributed by atoms with Crippen molar-refractivity contribution in [3.63, 3.8) is 0 Å². The Morgan fingerprint density at radius 2 is 1.71 bits per heavy atom. The van der Waals surface area contributed by atoms with E-state index in [0.717, 1.165) is 71.5 Å². The van der Waals surface area contributed by atoms with Gasteiger partial charge in [-0.15, -0.1) is 37.2 Å². The van der Waals surface area contributed by atoms with Gasteiger partial charge in [0.05, 0.1) is 5.92 Å². The summed E-state index contributed by atoms with van der Waals surface area (Å²) >= 11 is 0. The second kappa shape index (κ2) is 12.6. The van der Waals surface area contributed by atoms with E-state index >= 15 is 0 Å². The summed E-state index contributed by atoms with van der Waals surface area (Å²) in [6.45, 7) is 11.6. The van der Waals surface area contributed by atoms with Crippen molar-refractivity contribution in [2.24, 2.45) is 11.7 Å². The molecule has 0 aromatic carbocycles. The second-order valence-corrected chi connectivity index (χ2v) is 6.87. The van der Waals surface area contributed by atoms with E-state index in [1.807, 2.05) is 6.92 Å². The number of nitrogens with zero attached hydrogens (tertiary/aromatic N) is 2. The predicted octanol–water partition coefficient (Wildman–Crippen LogP) is 1.91. The third-order valence-electron chi connectivity index (χ3n) is 5.21. The van der Waals surface area contributed by atoms with Gasteiger partial charge < -0.3 is 16.0 Å². The predicted molar refractivity (Wildman–Crippen MR) is 108 cm³/mol. The Kier molecular flexibility index (Phi) is 13.8. The fraction of sp³-hybridized carbons (Fsp3) is 0.938. The van der Waals surface area contributed by atoms with Gasteiger partial charge in [-0.25, -0.2) is 0 Å². The van der Waals surface area contributed by atoms with Gasteiger partial charge in [0.25, 0.3) is 0 Å². The second-order valence-electron chi connectivity index (χ2n) is 6.87. The first-order valence-corrected chi connectivity index (χ1v) is 8.54. The molecule has 2 atom stereocenters. The summed E-state index contributed by atoms with van der Waals surface area (Å²) in [7, 11) is 0. The first-order valence-electron chi connectivity index (χ1n) is 8.54. The van der Waals surface area contributed by atoms with Crippen LogP contribution in [0.1, 0.15) is 39.5 Å². The molecular weight excluding hydrogens is 371 g/mol. The molecule has 2 fully saturated rings. The Morgan fingerprint density at radius 3 is 2.25 bits per heavy atom. The van der Waals surface area contributed by atoms with Crippen LogP contribution in [0.15, 0.2) is 0 Å². The highest BCUT2D eigenvalue weighted by Crippen LogP contribution is 2.31. The molecule has 1 saturated heterocycles. The van der Waals surface area contributed by atoms with Crippen LogP contribution < -0.4 is 11.1 Å². The Morgan fingerprint density at radius 1 is 1.12 bits per heavy atom. The fourth-order valence-corrected chi connectivity index (χ4v) is 3.58. The van der Waals surface area contributed by atoms with E-state index in [-0.39, 0.29) is 54.6 Å². The largest absolute Gasteiger partial charge is 0.355 e. The van der Waals surface area contributed by atoms with Crippen LogP contribution in [0.2, 0.25) is 0 Å². The van der Waals surface area contributed by atoms with Crippen molar-refractivity contribution in [3.8, 4) is 0 Å². The molecule has 146 valence electrons. The zero-order valence-electron chi connectivity index (χ0n) is 15.0. The number of hydrogen-bond acceptors (Lipinski definition) is 4. The smallest absolute Gasteiger partial charge is 0.225 e. The molecule has 1 saturated carbocycles. The number of likely N-dealkylation sites (N-methyl/N-ethyl adjacent to an activating group) is 1. The number of carbonyl (C=O) groups is 1. The van der Waals surface area contributed by atoms with E-state index in [1.54, 1.807) is 0 Å². The lowest BCUT2D eigenvalue weighted by Gasteiger charge is -2.37. The highest BCUT2D eigenvalue weighted by molar-refractivity contribution is 5.86. The van der Waals surface area contributed by atoms with Gasteiger partial charge in [0.1, 0.15) is 0 Å². The van der Waals surface area contributed by atoms with Crippen molar-refractivity contribution in [3.05, 3.63) is 0 Å². The molecule has 2 rings (SSSR count). The van der Waals surface area contributed by atoms with Gasteiger partial charge in [-0.05, 0) is 26.3 Å². The van der Waals surface area contributed by atoms with Gasteiger partial charge in [-0.3, -0.25) is 9.69 Å². The van der Waals surface area contributed by atoms with E-state index in [0.29, 0.717) is 0 Å². The summed E-state index contributed by atoms with van der Waals surface area (Å²) in [5.74, 6) is 0.148. The third kappa shape index (κ3) is 7.63. The minimum atomic E-state index is -0.324. The maximum Gasteiger partial charge on any atom is 0.225 e. The first kappa shape index (κ1) is 26.4. The number of piperazine rings is 1. The number of nitrogens with two attached hydrogens (primary N) is 1. The van der Waals surface area contributed by atoms with Gasteiger partial charge in [-0.2, -0.15) is 0 Å². The van der Waals surface area contributed by atoms with Crippen LogP contribution >= 0.6 is 37.2 Å². The average molecular weight is 406 g/mol. The summed E-state index contributed by atoms with van der Waals surface area (Å²) in [6.07, 6.45) is 4.18. The van der Waals surface area contributed by atoms with E-state index in [9.17, 15) is 4.79 Å². The minimum absolute atomic E-state index is 0. The average Bonchev–Trinajstić information content (AvgIpc) is 2.47. The molecule has 0 aromatic heterocycles. The highest BCUT2D eigenvalue weighted by atomic mass is 35.5. The Balaban J connectivity index is 0. The van der Waals surface area contributed by atoms with Crippen LogP contribution in [0.25, 0.3) is 0 Å². The molecule has 1 aliphatic carbocycles. The van der Waals surface area contributed by atoms with Crippen molar-refractivity contribution in [2.75, 3.05) is 45.8 Å². The normalized spacial score (nSPS) is 28.0. The Labute approximate surface area is 165 Å². The topological polar surface area (TPSA) is 61.6 Å². The quantitative estimate of drug-likeness (QED) is 0.733. The Bertz CT molecular complexity index is 350. The zero-order chi connectivity index (χ0) is 15.3. The molecule has 1 aliphatic heterocycles. The molecule has 8 heteroatoms. The molecule has 0 aromatic rings. The van der Waals surface area contributed by atoms with Crippen molar-refractivity contribution >= 4 is 43.1 Å². The van der Waals surface area contributed by atoms with E-state index in [1.165, 1.54) is 0 Å². The van der Waals surface area contributed by atoms with Crippen LogP contribution in [0.3, 0.4) is 0 Å². The summed E-state index contributed by atoms with van der Waals surface area (Å²) in [4.78, 5) is 17.2. The molecule has 0 radical (unpaired) electrons. The van der Waals surface area contributed by atoms with Gasteiger partial charge >= 0.3 is 0 Å². The van der Waals surface area contributed by atoms with Crippen LogP contribution in [0.5, 0.6) is 0 Å². The monoisotopic (exact) mass is 404 g/mol. The molecule has 0 spiro atoms. The lowest BCUT2D eigenvalue weighted by molar-refractivity contribution is -0.128. The summed E-state index contributed by atoms with van der Waals surface area (Å²) < 4.78 is 0. The summed E-state index contributed by atoms with van der Waals surface area (Å²) in [5.41, 5.74) is 5.97. The van der Waals surface area contributed by atoms with Gasteiger partial charge in [0.2, 0.25) is 5.91 Å². The molecule has 1 amide bonds. The molecule has 1 heterocycles. The van der Waals surface area contributed by atoms with Gasteiger partial charge in [-0.1, -0.05) is 19.8 Å². The van der Waals surface area contributed by atoms with E-state index in [2.05, 4.69) is 22.0 Å². The van der Waals surface area contributed by atoms with Crippen molar-refractivity contribution in [1.29, 1.82) is 0 Å². The number of halogens is 3. The molecule has 2 aliphatic rings. The lowest BCUT2D eigenvalue weighted by atomic mass is 9.74. The molecule has 5 nitrogen and oxygen atoms in total. The van der Waals surface area contributed by atoms with Crippen molar-refractivity contribution in [1.82, 2.24) is 15.1 Å². The first-order chi connectivity index (χ1) is 10.0. The maximum absolute atomic E-state index is 12.3. The van der Waals surface area contributed by atoms with Crippen molar-refractivity contribution in [2.45, 2.75) is 45.1 Å². The fourth-order valence-electron chi connectivity index (χ4n) is 3.58. The van der Waals surface area contributed by atoms with E-state index < -0.39 is 0 Å². The number of carbonyl (C=O) groups excluding carboxylic acids is 1. The summed E-state index contributed by atoms with van der Waals surface area (Å²) in [6, 6.07) is 0. The van der Waals surface area contributed by atoms with Gasteiger partial charge in [0.15, 0.2) is 0 Å². The maximum atomic E-state index is 12.3. The van der Waals surface area contributed by atoms with Crippen LogP contribution in [0.4, 0.5) is 0 Å². The number of rotatable bonds is 5.